The molecule has 148 valence electrons. The Morgan fingerprint density at radius 3 is 2.74 bits per heavy atom. The van der Waals surface area contributed by atoms with Crippen molar-refractivity contribution in [2.45, 2.75) is 33.2 Å². The Kier molecular flexibility index (Phi) is 10.4. The third-order valence-corrected chi connectivity index (χ3v) is 3.92. The van der Waals surface area contributed by atoms with Gasteiger partial charge in [0.05, 0.1) is 6.54 Å². The molecule has 0 aliphatic heterocycles. The number of carbonyl (C=O) groups excluding carboxylic acids is 1. The van der Waals surface area contributed by atoms with Crippen molar-refractivity contribution in [2.75, 3.05) is 25.5 Å². The Bertz CT molecular complexity index is 745. The predicted octanol–water partition coefficient (Wildman–Crippen LogP) is 1.82. The van der Waals surface area contributed by atoms with Crippen LogP contribution < -0.4 is 16.0 Å². The minimum absolute atomic E-state index is 0. The van der Waals surface area contributed by atoms with Crippen LogP contribution in [0.3, 0.4) is 0 Å². The number of nitrogens with zero attached hydrogens (tertiary/aromatic N) is 4. The van der Waals surface area contributed by atoms with Crippen LogP contribution in [0.25, 0.3) is 0 Å². The summed E-state index contributed by atoms with van der Waals surface area (Å²) in [6.45, 7) is 5.66. The van der Waals surface area contributed by atoms with Crippen LogP contribution in [0.1, 0.15) is 25.2 Å². The van der Waals surface area contributed by atoms with E-state index >= 15 is 0 Å². The van der Waals surface area contributed by atoms with E-state index in [0.29, 0.717) is 12.5 Å². The molecule has 0 radical (unpaired) electrons. The van der Waals surface area contributed by atoms with E-state index in [1.165, 1.54) is 5.56 Å². The van der Waals surface area contributed by atoms with Crippen LogP contribution in [0.5, 0.6) is 0 Å². The second-order valence-corrected chi connectivity index (χ2v) is 5.75. The normalized spacial score (nSPS) is 10.9. The lowest BCUT2D eigenvalue weighted by molar-refractivity contribution is -0.115. The summed E-state index contributed by atoms with van der Waals surface area (Å²) in [7, 11) is 1.67. The first kappa shape index (κ1) is 22.9. The van der Waals surface area contributed by atoms with Gasteiger partial charge in [0.1, 0.15) is 12.2 Å². The Labute approximate surface area is 177 Å². The van der Waals surface area contributed by atoms with Crippen molar-refractivity contribution in [1.82, 2.24) is 25.4 Å². The summed E-state index contributed by atoms with van der Waals surface area (Å²) in [5.41, 5.74) is 1.99. The minimum Gasteiger partial charge on any atom is -0.355 e. The van der Waals surface area contributed by atoms with Crippen molar-refractivity contribution < 1.29 is 4.79 Å². The molecule has 8 nitrogen and oxygen atoms in total. The maximum Gasteiger partial charge on any atom is 0.243 e. The van der Waals surface area contributed by atoms with Crippen LogP contribution in [-0.4, -0.2) is 46.8 Å². The zero-order valence-corrected chi connectivity index (χ0v) is 18.4. The molecular formula is C18H28IN7O. The third-order valence-electron chi connectivity index (χ3n) is 3.92. The van der Waals surface area contributed by atoms with E-state index in [0.717, 1.165) is 30.9 Å². The molecule has 0 saturated heterocycles. The number of rotatable bonds is 8. The van der Waals surface area contributed by atoms with Gasteiger partial charge in [-0.05, 0) is 24.1 Å². The van der Waals surface area contributed by atoms with Gasteiger partial charge in [-0.15, -0.1) is 34.2 Å². The molecule has 1 aromatic heterocycles. The van der Waals surface area contributed by atoms with Crippen LogP contribution in [-0.2, 0) is 24.2 Å². The van der Waals surface area contributed by atoms with Crippen LogP contribution in [0, 0.1) is 0 Å². The maximum atomic E-state index is 12.1. The summed E-state index contributed by atoms with van der Waals surface area (Å²) in [4.78, 5) is 16.2. The van der Waals surface area contributed by atoms with Crippen molar-refractivity contribution in [3.05, 3.63) is 42.0 Å². The molecule has 1 heterocycles. The predicted molar refractivity (Wildman–Crippen MR) is 119 cm³/mol. The molecule has 0 saturated carbocycles. The molecule has 0 unspecified atom stereocenters. The SMILES string of the molecule is CCc1cccc(NC(=O)CNC(=NC)NCCn2cnnc2CC)c1.I. The molecule has 27 heavy (non-hydrogen) atoms. The first-order valence-electron chi connectivity index (χ1n) is 8.86. The minimum atomic E-state index is -0.117. The van der Waals surface area contributed by atoms with Crippen molar-refractivity contribution in [3.63, 3.8) is 0 Å². The van der Waals surface area contributed by atoms with Gasteiger partial charge in [-0.25, -0.2) is 0 Å². The second-order valence-electron chi connectivity index (χ2n) is 5.75. The van der Waals surface area contributed by atoms with Gasteiger partial charge < -0.3 is 20.5 Å². The summed E-state index contributed by atoms with van der Waals surface area (Å²) in [5.74, 6) is 1.41. The number of hydrogen-bond donors (Lipinski definition) is 3. The van der Waals surface area contributed by atoms with Crippen LogP contribution in [0.2, 0.25) is 0 Å². The smallest absolute Gasteiger partial charge is 0.243 e. The lowest BCUT2D eigenvalue weighted by Crippen LogP contribution is -2.42. The molecule has 9 heteroatoms. The molecule has 0 aliphatic carbocycles. The number of aryl methyl sites for hydroxylation is 2. The molecule has 0 aliphatic rings. The number of carbonyl (C=O) groups is 1. The van der Waals surface area contributed by atoms with Crippen molar-refractivity contribution >= 4 is 41.5 Å². The number of aromatic nitrogens is 3. The van der Waals surface area contributed by atoms with E-state index in [-0.39, 0.29) is 36.4 Å². The standard InChI is InChI=1S/C18H27N7O.HI/c1-4-14-7-6-8-15(11-14)23-17(26)12-21-18(19-3)20-9-10-25-13-22-24-16(25)5-2;/h6-8,11,13H,4-5,9-10,12H2,1-3H3,(H,23,26)(H2,19,20,21);1H. The fraction of sp³-hybridized carbons (Fsp3) is 0.444. The van der Waals surface area contributed by atoms with Crippen molar-refractivity contribution in [3.8, 4) is 0 Å². The number of benzene rings is 1. The average Bonchev–Trinajstić information content (AvgIpc) is 3.12. The van der Waals surface area contributed by atoms with Gasteiger partial charge in [-0.3, -0.25) is 9.79 Å². The highest BCUT2D eigenvalue weighted by Gasteiger charge is 2.06. The van der Waals surface area contributed by atoms with E-state index < -0.39 is 0 Å². The van der Waals surface area contributed by atoms with Crippen molar-refractivity contribution in [2.24, 2.45) is 4.99 Å². The Hall–Kier alpha value is -2.17. The quantitative estimate of drug-likeness (QED) is 0.301. The molecule has 0 fully saturated rings. The number of halogens is 1. The zero-order valence-electron chi connectivity index (χ0n) is 16.0. The molecule has 0 bridgehead atoms. The molecule has 2 rings (SSSR count). The number of amides is 1. The van der Waals surface area contributed by atoms with Crippen LogP contribution in [0.15, 0.2) is 35.6 Å². The average molecular weight is 485 g/mol. The summed E-state index contributed by atoms with van der Waals surface area (Å²) < 4.78 is 1.99. The number of nitrogens with one attached hydrogen (secondary N) is 3. The molecular weight excluding hydrogens is 457 g/mol. The zero-order chi connectivity index (χ0) is 18.8. The highest BCUT2D eigenvalue weighted by atomic mass is 127. The molecule has 3 N–H and O–H groups in total. The number of guanidine groups is 1. The summed E-state index contributed by atoms with van der Waals surface area (Å²) in [6.07, 6.45) is 3.49. The number of aliphatic imine (C=N–C) groups is 1. The maximum absolute atomic E-state index is 12.1. The fourth-order valence-corrected chi connectivity index (χ4v) is 2.49. The van der Waals surface area contributed by atoms with E-state index in [4.69, 9.17) is 0 Å². The number of hydrogen-bond acceptors (Lipinski definition) is 4. The van der Waals surface area contributed by atoms with Gasteiger partial charge in [0.25, 0.3) is 0 Å². The van der Waals surface area contributed by atoms with Crippen molar-refractivity contribution in [1.29, 1.82) is 0 Å². The van der Waals surface area contributed by atoms with E-state index in [1.54, 1.807) is 13.4 Å². The fourth-order valence-electron chi connectivity index (χ4n) is 2.49. The lowest BCUT2D eigenvalue weighted by Gasteiger charge is -2.13. The Morgan fingerprint density at radius 1 is 1.22 bits per heavy atom. The molecule has 0 atom stereocenters. The highest BCUT2D eigenvalue weighted by Crippen LogP contribution is 2.10. The molecule has 1 amide bonds. The molecule has 2 aromatic rings. The second kappa shape index (κ2) is 12.3. The monoisotopic (exact) mass is 485 g/mol. The topological polar surface area (TPSA) is 96.2 Å². The van der Waals surface area contributed by atoms with Crippen LogP contribution >= 0.6 is 24.0 Å². The van der Waals surface area contributed by atoms with E-state index in [2.05, 4.69) is 38.1 Å². The van der Waals surface area contributed by atoms with E-state index in [1.807, 2.05) is 35.8 Å². The van der Waals surface area contributed by atoms with E-state index in [9.17, 15) is 4.79 Å². The first-order chi connectivity index (χ1) is 12.7. The highest BCUT2D eigenvalue weighted by molar-refractivity contribution is 14.0. The Balaban J connectivity index is 0.00000364. The summed E-state index contributed by atoms with van der Waals surface area (Å²) in [6, 6.07) is 7.85. The first-order valence-corrected chi connectivity index (χ1v) is 8.86. The Morgan fingerprint density at radius 2 is 2.04 bits per heavy atom. The van der Waals surface area contributed by atoms with Crippen LogP contribution in [0.4, 0.5) is 5.69 Å². The largest absolute Gasteiger partial charge is 0.355 e. The van der Waals surface area contributed by atoms with Gasteiger partial charge in [0.15, 0.2) is 5.96 Å². The number of anilines is 1. The summed E-state index contributed by atoms with van der Waals surface area (Å²) >= 11 is 0. The molecule has 1 aromatic carbocycles. The summed E-state index contributed by atoms with van der Waals surface area (Å²) in [5, 5.41) is 17.0. The van der Waals surface area contributed by atoms with Gasteiger partial charge in [-0.2, -0.15) is 0 Å². The van der Waals surface area contributed by atoms with Gasteiger partial charge in [0.2, 0.25) is 5.91 Å². The third kappa shape index (κ3) is 7.53. The van der Waals surface area contributed by atoms with Gasteiger partial charge in [0, 0.05) is 32.2 Å². The van der Waals surface area contributed by atoms with Gasteiger partial charge >= 0.3 is 0 Å². The lowest BCUT2D eigenvalue weighted by atomic mass is 10.1. The van der Waals surface area contributed by atoms with Gasteiger partial charge in [-0.1, -0.05) is 26.0 Å². The molecule has 0 spiro atoms.